The largest absolute Gasteiger partial charge is 0.417 e. The summed E-state index contributed by atoms with van der Waals surface area (Å²) in [6.07, 6.45) is 2.56. The van der Waals surface area contributed by atoms with E-state index in [1.54, 1.807) is 18.0 Å². The molecule has 2 saturated carbocycles. The van der Waals surface area contributed by atoms with Gasteiger partial charge in [0.2, 0.25) is 11.8 Å². The van der Waals surface area contributed by atoms with Gasteiger partial charge in [-0.15, -0.1) is 0 Å². The number of nitriles is 1. The van der Waals surface area contributed by atoms with Gasteiger partial charge < -0.3 is 10.2 Å². The Hall–Kier alpha value is -2.82. The summed E-state index contributed by atoms with van der Waals surface area (Å²) in [5.74, 6) is -0.389. The van der Waals surface area contributed by atoms with Gasteiger partial charge in [-0.2, -0.15) is 18.4 Å². The van der Waals surface area contributed by atoms with Crippen LogP contribution in [0.2, 0.25) is 0 Å². The molecule has 1 N–H and O–H groups in total. The molecule has 8 heteroatoms. The molecule has 37 heavy (non-hydrogen) atoms. The number of nitrogens with zero attached hydrogens (tertiary/aromatic N) is 2. The fourth-order valence-corrected chi connectivity index (χ4v) is 8.63. The zero-order valence-electron chi connectivity index (χ0n) is 21.8. The van der Waals surface area contributed by atoms with Crippen LogP contribution in [0, 0.1) is 45.8 Å². The van der Waals surface area contributed by atoms with Crippen molar-refractivity contribution in [1.29, 1.82) is 5.26 Å². The van der Waals surface area contributed by atoms with Crippen LogP contribution in [0.3, 0.4) is 0 Å². The van der Waals surface area contributed by atoms with E-state index in [2.05, 4.69) is 26.1 Å². The minimum absolute atomic E-state index is 0.0737. The van der Waals surface area contributed by atoms with Gasteiger partial charge in [0.1, 0.15) is 5.92 Å². The summed E-state index contributed by atoms with van der Waals surface area (Å²) in [6, 6.07) is 4.64. The zero-order valence-corrected chi connectivity index (χ0v) is 21.8. The summed E-state index contributed by atoms with van der Waals surface area (Å²) in [6.45, 7) is 6.73. The van der Waals surface area contributed by atoms with Gasteiger partial charge in [-0.05, 0) is 86.8 Å². The van der Waals surface area contributed by atoms with Gasteiger partial charge in [-0.3, -0.25) is 9.59 Å². The number of anilines is 1. The highest BCUT2D eigenvalue weighted by Gasteiger charge is 2.60. The zero-order chi connectivity index (χ0) is 26.9. The number of fused-ring (bicyclic) bond motifs is 5. The van der Waals surface area contributed by atoms with Crippen LogP contribution < -0.4 is 5.32 Å². The van der Waals surface area contributed by atoms with Gasteiger partial charge in [0, 0.05) is 23.8 Å². The van der Waals surface area contributed by atoms with E-state index < -0.39 is 29.1 Å². The monoisotopic (exact) mass is 513 g/mol. The SMILES string of the molecule is CC1=C2N(C)C(=O)C(C(=O)Nc3ccc(C#N)c(C(F)(F)F)c3)C[C@]2(C)[C@@H]2CC[C@]3(C)CCC[C@H]3[C@@H]2C1. The second-order valence-corrected chi connectivity index (χ2v) is 12.2. The fraction of sp³-hybridized carbons (Fsp3) is 0.621. The molecule has 5 rings (SSSR count). The van der Waals surface area contributed by atoms with Crippen molar-refractivity contribution in [2.45, 2.75) is 71.9 Å². The fourth-order valence-electron chi connectivity index (χ4n) is 8.63. The Balaban J connectivity index is 1.45. The van der Waals surface area contributed by atoms with E-state index in [4.69, 9.17) is 5.26 Å². The Morgan fingerprint density at radius 3 is 2.59 bits per heavy atom. The molecular weight excluding hydrogens is 479 g/mol. The predicted molar refractivity (Wildman–Crippen MR) is 133 cm³/mol. The first-order valence-electron chi connectivity index (χ1n) is 13.2. The molecule has 0 spiro atoms. The number of benzene rings is 1. The van der Waals surface area contributed by atoms with Crippen molar-refractivity contribution in [1.82, 2.24) is 4.90 Å². The van der Waals surface area contributed by atoms with Crippen LogP contribution in [0.25, 0.3) is 0 Å². The summed E-state index contributed by atoms with van der Waals surface area (Å²) in [4.78, 5) is 28.5. The van der Waals surface area contributed by atoms with Crippen molar-refractivity contribution in [2.75, 3.05) is 12.4 Å². The van der Waals surface area contributed by atoms with Crippen LogP contribution >= 0.6 is 0 Å². The van der Waals surface area contributed by atoms with Crippen LogP contribution in [0.4, 0.5) is 18.9 Å². The number of hydrogen-bond donors (Lipinski definition) is 1. The summed E-state index contributed by atoms with van der Waals surface area (Å²) in [5, 5.41) is 11.6. The first kappa shape index (κ1) is 25.8. The van der Waals surface area contributed by atoms with Crippen molar-refractivity contribution in [2.24, 2.45) is 34.5 Å². The highest BCUT2D eigenvalue weighted by Crippen LogP contribution is 2.65. The Labute approximate surface area is 216 Å². The lowest BCUT2D eigenvalue weighted by Crippen LogP contribution is -2.57. The molecule has 0 radical (unpaired) electrons. The third-order valence-corrected chi connectivity index (χ3v) is 10.1. The second-order valence-electron chi connectivity index (χ2n) is 12.2. The summed E-state index contributed by atoms with van der Waals surface area (Å²) in [5.41, 5.74) is 0.567. The number of hydrogen-bond acceptors (Lipinski definition) is 3. The molecule has 5 nitrogen and oxygen atoms in total. The van der Waals surface area contributed by atoms with Crippen molar-refractivity contribution in [3.63, 3.8) is 0 Å². The normalized spacial score (nSPS) is 35.4. The number of allylic oxidation sites excluding steroid dienone is 2. The first-order valence-corrected chi connectivity index (χ1v) is 13.2. The van der Waals surface area contributed by atoms with Gasteiger partial charge in [0.25, 0.3) is 0 Å². The minimum atomic E-state index is -4.73. The molecular formula is C29H34F3N3O2. The maximum Gasteiger partial charge on any atom is 0.417 e. The molecule has 0 aromatic heterocycles. The Morgan fingerprint density at radius 2 is 1.92 bits per heavy atom. The lowest BCUT2D eigenvalue weighted by Gasteiger charge is -2.59. The Morgan fingerprint density at radius 1 is 1.19 bits per heavy atom. The number of alkyl halides is 3. The number of likely N-dealkylation sites (tertiary alicyclic amines) is 1. The number of rotatable bonds is 2. The second kappa shape index (κ2) is 8.61. The molecule has 1 aromatic rings. The van der Waals surface area contributed by atoms with Crippen LogP contribution in [0.1, 0.15) is 76.8 Å². The van der Waals surface area contributed by atoms with Crippen LogP contribution in [0.15, 0.2) is 29.5 Å². The highest BCUT2D eigenvalue weighted by atomic mass is 19.4. The lowest BCUT2D eigenvalue weighted by atomic mass is 9.48. The average Bonchev–Trinajstić information content (AvgIpc) is 3.23. The van der Waals surface area contributed by atoms with Crippen LogP contribution in [0.5, 0.6) is 0 Å². The average molecular weight is 514 g/mol. The van der Waals surface area contributed by atoms with E-state index in [-0.39, 0.29) is 17.0 Å². The Kier molecular flexibility index (Phi) is 6.01. The van der Waals surface area contributed by atoms with E-state index in [1.165, 1.54) is 30.9 Å². The first-order chi connectivity index (χ1) is 17.3. The summed E-state index contributed by atoms with van der Waals surface area (Å²) < 4.78 is 40.3. The van der Waals surface area contributed by atoms with Crippen molar-refractivity contribution < 1.29 is 22.8 Å². The molecule has 6 atom stereocenters. The number of halogens is 3. The third kappa shape index (κ3) is 3.97. The summed E-state index contributed by atoms with van der Waals surface area (Å²) >= 11 is 0. The standard InChI is InChI=1S/C29H34F3N3O2/c1-16-12-19-21-6-5-10-27(21,2)11-9-22(19)28(3)14-20(26(37)35(4)24(16)28)25(36)34-18-8-7-17(15-33)23(13-18)29(30,31)32/h7-8,13,19-22H,5-6,9-12,14H2,1-4H3,(H,34,36)/t19-,20?,21-,22+,27-,28+/m0/s1. The van der Waals surface area contributed by atoms with E-state index in [1.807, 2.05) is 0 Å². The van der Waals surface area contributed by atoms with Gasteiger partial charge >= 0.3 is 6.18 Å². The smallest absolute Gasteiger partial charge is 0.325 e. The van der Waals surface area contributed by atoms with Gasteiger partial charge in [0.05, 0.1) is 17.2 Å². The van der Waals surface area contributed by atoms with Gasteiger partial charge in [0.15, 0.2) is 0 Å². The molecule has 1 aliphatic heterocycles. The molecule has 2 amide bonds. The van der Waals surface area contributed by atoms with E-state index in [0.29, 0.717) is 29.6 Å². The third-order valence-electron chi connectivity index (χ3n) is 10.1. The van der Waals surface area contributed by atoms with Crippen molar-refractivity contribution in [3.8, 4) is 6.07 Å². The predicted octanol–water partition coefficient (Wildman–Crippen LogP) is 6.51. The molecule has 3 fully saturated rings. The summed E-state index contributed by atoms with van der Waals surface area (Å²) in [7, 11) is 1.73. The molecule has 1 saturated heterocycles. The maximum atomic E-state index is 13.4. The van der Waals surface area contributed by atoms with Gasteiger partial charge in [-0.25, -0.2) is 0 Å². The van der Waals surface area contributed by atoms with Crippen LogP contribution in [-0.4, -0.2) is 23.8 Å². The number of piperidine rings is 1. The number of carbonyl (C=O) groups is 2. The molecule has 1 aromatic carbocycles. The number of amides is 2. The van der Waals surface area contributed by atoms with E-state index in [9.17, 15) is 22.8 Å². The number of carbonyl (C=O) groups excluding carboxylic acids is 2. The number of nitrogens with one attached hydrogen (secondary N) is 1. The molecule has 0 bridgehead atoms. The quantitative estimate of drug-likeness (QED) is 0.458. The van der Waals surface area contributed by atoms with E-state index in [0.717, 1.165) is 37.1 Å². The maximum absolute atomic E-state index is 13.4. The lowest BCUT2D eigenvalue weighted by molar-refractivity contribution is -0.147. The molecule has 1 heterocycles. The molecule has 198 valence electrons. The van der Waals surface area contributed by atoms with Crippen molar-refractivity contribution in [3.05, 3.63) is 40.6 Å². The topological polar surface area (TPSA) is 73.2 Å². The minimum Gasteiger partial charge on any atom is -0.325 e. The van der Waals surface area contributed by atoms with E-state index >= 15 is 0 Å². The highest BCUT2D eigenvalue weighted by molar-refractivity contribution is 6.07. The van der Waals surface area contributed by atoms with Gasteiger partial charge in [-0.1, -0.05) is 25.8 Å². The molecule has 1 unspecified atom stereocenters. The Bertz CT molecular complexity index is 1230. The molecule has 4 aliphatic rings. The van der Waals surface area contributed by atoms with Crippen molar-refractivity contribution >= 4 is 17.5 Å². The van der Waals surface area contributed by atoms with Crippen LogP contribution in [-0.2, 0) is 15.8 Å². The molecule has 3 aliphatic carbocycles.